The van der Waals surface area contributed by atoms with Gasteiger partial charge in [-0.25, -0.2) is 4.98 Å². The predicted molar refractivity (Wildman–Crippen MR) is 95.8 cm³/mol. The van der Waals surface area contributed by atoms with E-state index in [1.54, 1.807) is 11.7 Å². The minimum absolute atomic E-state index is 0.0653. The molecule has 2 aromatic rings. The third-order valence-corrected chi connectivity index (χ3v) is 6.07. The second-order valence-electron chi connectivity index (χ2n) is 5.70. The van der Waals surface area contributed by atoms with E-state index in [1.807, 2.05) is 0 Å². The molecule has 140 valence electrons. The summed E-state index contributed by atoms with van der Waals surface area (Å²) in [6, 6.07) is 5.05. The highest BCUT2D eigenvalue weighted by molar-refractivity contribution is 7.99. The number of methoxy groups -OCH3 is 1. The summed E-state index contributed by atoms with van der Waals surface area (Å²) in [5, 5.41) is 0.577. The summed E-state index contributed by atoms with van der Waals surface area (Å²) in [5.74, 6) is 1.28. The molecule has 0 unspecified atom stereocenters. The zero-order valence-electron chi connectivity index (χ0n) is 14.0. The fraction of sp³-hybridized carbons (Fsp3) is 0.412. The average Bonchev–Trinajstić information content (AvgIpc) is 3.08. The first-order valence-corrected chi connectivity index (χ1v) is 9.91. The lowest BCUT2D eigenvalue weighted by atomic mass is 10.1. The first kappa shape index (κ1) is 19.3. The lowest BCUT2D eigenvalue weighted by Gasteiger charge is -2.13. The largest absolute Gasteiger partial charge is 0.416 e. The fourth-order valence-corrected chi connectivity index (χ4v) is 4.59. The molecule has 0 fully saturated rings. The van der Waals surface area contributed by atoms with E-state index in [0.29, 0.717) is 29.0 Å². The number of ether oxygens (including phenoxy) is 1. The summed E-state index contributed by atoms with van der Waals surface area (Å²) in [4.78, 5) is 18.0. The molecule has 9 heteroatoms. The number of alkyl halides is 3. The van der Waals surface area contributed by atoms with Gasteiger partial charge < -0.3 is 4.74 Å². The second kappa shape index (κ2) is 8.06. The maximum atomic E-state index is 12.7. The van der Waals surface area contributed by atoms with Gasteiger partial charge in [0, 0.05) is 25.0 Å². The van der Waals surface area contributed by atoms with Crippen LogP contribution in [-0.4, -0.2) is 29.0 Å². The van der Waals surface area contributed by atoms with Crippen molar-refractivity contribution in [2.24, 2.45) is 0 Å². The number of rotatable bonds is 6. The Morgan fingerprint density at radius 1 is 1.31 bits per heavy atom. The van der Waals surface area contributed by atoms with Crippen molar-refractivity contribution in [2.75, 3.05) is 19.5 Å². The lowest BCUT2D eigenvalue weighted by molar-refractivity contribution is -0.137. The van der Waals surface area contributed by atoms with Gasteiger partial charge in [0.05, 0.1) is 29.3 Å². The van der Waals surface area contributed by atoms with Crippen LogP contribution in [0.15, 0.2) is 39.1 Å². The summed E-state index contributed by atoms with van der Waals surface area (Å²) in [7, 11) is 1.57. The van der Waals surface area contributed by atoms with E-state index in [9.17, 15) is 18.0 Å². The summed E-state index contributed by atoms with van der Waals surface area (Å²) in [6.45, 7) is 0.782. The van der Waals surface area contributed by atoms with Crippen LogP contribution in [0.4, 0.5) is 13.2 Å². The van der Waals surface area contributed by atoms with Crippen LogP contribution in [0.2, 0.25) is 0 Å². The van der Waals surface area contributed by atoms with Crippen molar-refractivity contribution >= 4 is 23.5 Å². The lowest BCUT2D eigenvalue weighted by Crippen LogP contribution is -2.27. The van der Waals surface area contributed by atoms with Gasteiger partial charge in [-0.2, -0.15) is 13.2 Å². The van der Waals surface area contributed by atoms with Crippen molar-refractivity contribution in [3.05, 3.63) is 51.4 Å². The number of hydrogen-bond donors (Lipinski definition) is 0. The molecule has 0 radical (unpaired) electrons. The Morgan fingerprint density at radius 2 is 2.04 bits per heavy atom. The van der Waals surface area contributed by atoms with Gasteiger partial charge in [-0.3, -0.25) is 9.36 Å². The van der Waals surface area contributed by atoms with Crippen LogP contribution in [0.5, 0.6) is 0 Å². The Kier molecular flexibility index (Phi) is 5.99. The van der Waals surface area contributed by atoms with Crippen LogP contribution >= 0.6 is 23.5 Å². The Bertz CT molecular complexity index is 836. The fourth-order valence-electron chi connectivity index (χ4n) is 2.55. The molecule has 2 heterocycles. The van der Waals surface area contributed by atoms with E-state index in [4.69, 9.17) is 4.74 Å². The topological polar surface area (TPSA) is 44.1 Å². The highest BCUT2D eigenvalue weighted by Crippen LogP contribution is 2.31. The minimum Gasteiger partial charge on any atom is -0.383 e. The van der Waals surface area contributed by atoms with Gasteiger partial charge in [0.1, 0.15) is 0 Å². The van der Waals surface area contributed by atoms with Gasteiger partial charge in [0.25, 0.3) is 5.56 Å². The number of aromatic nitrogens is 2. The number of nitrogens with zero attached hydrogens (tertiary/aromatic N) is 2. The smallest absolute Gasteiger partial charge is 0.383 e. The molecule has 0 amide bonds. The average molecular weight is 402 g/mol. The first-order valence-electron chi connectivity index (χ1n) is 7.94. The SMILES string of the molecule is COCCn1c(SCc2ccc(C(F)(F)F)cc2)nc2c(c1=O)SCC2. The molecule has 1 aliphatic rings. The monoisotopic (exact) mass is 402 g/mol. The standard InChI is InChI=1S/C17H17F3N2O2S2/c1-24-8-7-22-15(23)14-13(6-9-25-14)21-16(22)26-10-11-2-4-12(5-3-11)17(18,19)20/h2-5H,6-10H2,1H3. The molecule has 0 spiro atoms. The van der Waals surface area contributed by atoms with E-state index >= 15 is 0 Å². The third kappa shape index (κ3) is 4.27. The molecule has 3 rings (SSSR count). The van der Waals surface area contributed by atoms with Gasteiger partial charge in [0.15, 0.2) is 5.16 Å². The summed E-state index contributed by atoms with van der Waals surface area (Å²) in [6.07, 6.45) is -3.58. The van der Waals surface area contributed by atoms with E-state index < -0.39 is 11.7 Å². The molecule has 0 bridgehead atoms. The maximum Gasteiger partial charge on any atom is 0.416 e. The number of aryl methyl sites for hydroxylation is 1. The quantitative estimate of drug-likeness (QED) is 0.543. The molecular weight excluding hydrogens is 385 g/mol. The third-order valence-electron chi connectivity index (χ3n) is 3.92. The molecule has 0 saturated heterocycles. The van der Waals surface area contributed by atoms with Crippen LogP contribution < -0.4 is 5.56 Å². The minimum atomic E-state index is -4.34. The normalized spacial score (nSPS) is 13.8. The van der Waals surface area contributed by atoms with Gasteiger partial charge in [-0.15, -0.1) is 11.8 Å². The molecule has 0 aliphatic carbocycles. The van der Waals surface area contributed by atoms with Crippen molar-refractivity contribution < 1.29 is 17.9 Å². The molecule has 26 heavy (non-hydrogen) atoms. The number of hydrogen-bond acceptors (Lipinski definition) is 5. The zero-order valence-corrected chi connectivity index (χ0v) is 15.6. The summed E-state index contributed by atoms with van der Waals surface area (Å²) >= 11 is 2.87. The number of thioether (sulfide) groups is 2. The van der Waals surface area contributed by atoms with Gasteiger partial charge in [-0.05, 0) is 17.7 Å². The Balaban J connectivity index is 1.81. The van der Waals surface area contributed by atoms with Gasteiger partial charge in [-0.1, -0.05) is 23.9 Å². The van der Waals surface area contributed by atoms with Crippen LogP contribution in [0.25, 0.3) is 0 Å². The van der Waals surface area contributed by atoms with Crippen molar-refractivity contribution in [1.29, 1.82) is 0 Å². The van der Waals surface area contributed by atoms with Crippen LogP contribution in [0, 0.1) is 0 Å². The Labute approximate surface area is 157 Å². The molecule has 4 nitrogen and oxygen atoms in total. The van der Waals surface area contributed by atoms with Crippen LogP contribution in [0.3, 0.4) is 0 Å². The Hall–Kier alpha value is -1.45. The number of fused-ring (bicyclic) bond motifs is 1. The maximum absolute atomic E-state index is 12.7. The highest BCUT2D eigenvalue weighted by atomic mass is 32.2. The number of benzene rings is 1. The van der Waals surface area contributed by atoms with Gasteiger partial charge in [0.2, 0.25) is 0 Å². The number of halogens is 3. The predicted octanol–water partition coefficient (Wildman–Crippen LogP) is 3.85. The van der Waals surface area contributed by atoms with E-state index in [1.165, 1.54) is 35.7 Å². The van der Waals surface area contributed by atoms with E-state index in [0.717, 1.165) is 35.6 Å². The van der Waals surface area contributed by atoms with Crippen molar-refractivity contribution in [1.82, 2.24) is 9.55 Å². The second-order valence-corrected chi connectivity index (χ2v) is 7.75. The van der Waals surface area contributed by atoms with Gasteiger partial charge >= 0.3 is 6.18 Å². The van der Waals surface area contributed by atoms with Crippen molar-refractivity contribution in [3.8, 4) is 0 Å². The molecule has 1 aromatic heterocycles. The molecule has 0 N–H and O–H groups in total. The molecule has 1 aliphatic heterocycles. The zero-order chi connectivity index (χ0) is 18.7. The summed E-state index contributed by atoms with van der Waals surface area (Å²) in [5.41, 5.74) is 0.814. The Morgan fingerprint density at radius 3 is 2.69 bits per heavy atom. The highest BCUT2D eigenvalue weighted by Gasteiger charge is 2.30. The van der Waals surface area contributed by atoms with Crippen molar-refractivity contribution in [2.45, 2.75) is 34.9 Å². The molecule has 1 aromatic carbocycles. The summed E-state index contributed by atoms with van der Waals surface area (Å²) < 4.78 is 44.6. The molecular formula is C17H17F3N2O2S2. The molecule has 0 atom stereocenters. The van der Waals surface area contributed by atoms with Crippen molar-refractivity contribution in [3.63, 3.8) is 0 Å². The van der Waals surface area contributed by atoms with E-state index in [2.05, 4.69) is 4.98 Å². The van der Waals surface area contributed by atoms with Crippen LogP contribution in [0.1, 0.15) is 16.8 Å². The van der Waals surface area contributed by atoms with E-state index in [-0.39, 0.29) is 5.56 Å². The first-order chi connectivity index (χ1) is 12.4. The molecule has 0 saturated carbocycles. The van der Waals surface area contributed by atoms with Crippen LogP contribution in [-0.2, 0) is 29.6 Å².